The maximum absolute atomic E-state index is 12.7. The smallest absolute Gasteiger partial charge is 0.326 e. The third kappa shape index (κ3) is 4.30. The summed E-state index contributed by atoms with van der Waals surface area (Å²) < 4.78 is 8.66. The first-order valence-corrected chi connectivity index (χ1v) is 11.3. The summed E-state index contributed by atoms with van der Waals surface area (Å²) in [5.41, 5.74) is 3.89. The fraction of sp³-hybridized carbons (Fsp3) is 0.333. The predicted octanol–water partition coefficient (Wildman–Crippen LogP) is 5.48. The van der Waals surface area contributed by atoms with E-state index in [9.17, 15) is 4.79 Å². The fourth-order valence-corrected chi connectivity index (χ4v) is 4.76. The molecule has 156 valence electrons. The number of hydrogen-bond donors (Lipinski definition) is 0. The Bertz CT molecular complexity index is 1120. The molecule has 0 bridgehead atoms. The Labute approximate surface area is 190 Å². The van der Waals surface area contributed by atoms with E-state index in [1.807, 2.05) is 55.7 Å². The third-order valence-corrected chi connectivity index (χ3v) is 6.12. The molecule has 0 fully saturated rings. The van der Waals surface area contributed by atoms with Crippen molar-refractivity contribution >= 4 is 50.0 Å². The summed E-state index contributed by atoms with van der Waals surface area (Å²) in [4.78, 5) is 15.7. The zero-order valence-electron chi connectivity index (χ0n) is 17.4. The summed E-state index contributed by atoms with van der Waals surface area (Å²) in [6, 6.07) is 16.5. The van der Waals surface area contributed by atoms with Gasteiger partial charge in [0.2, 0.25) is 0 Å². The lowest BCUT2D eigenvalue weighted by atomic mass is 10.0. The van der Waals surface area contributed by atoms with Crippen LogP contribution in [0.3, 0.4) is 0 Å². The highest BCUT2D eigenvalue weighted by Crippen LogP contribution is 2.34. The van der Waals surface area contributed by atoms with Gasteiger partial charge in [-0.2, -0.15) is 0 Å². The van der Waals surface area contributed by atoms with Crippen molar-refractivity contribution in [3.63, 3.8) is 0 Å². The van der Waals surface area contributed by atoms with Crippen LogP contribution in [0.5, 0.6) is 0 Å². The number of esters is 1. The monoisotopic (exact) mass is 484 g/mol. The van der Waals surface area contributed by atoms with Gasteiger partial charge in [-0.3, -0.25) is 4.79 Å². The van der Waals surface area contributed by atoms with Gasteiger partial charge in [0.25, 0.3) is 0 Å². The molecule has 4 rings (SSSR count). The van der Waals surface area contributed by atoms with Crippen molar-refractivity contribution in [3.05, 3.63) is 69.8 Å². The quantitative estimate of drug-likeness (QED) is 0.362. The molecule has 0 saturated heterocycles. The Kier molecular flexibility index (Phi) is 5.73. The first-order valence-electron chi connectivity index (χ1n) is 10.1. The van der Waals surface area contributed by atoms with E-state index in [2.05, 4.69) is 39.0 Å². The highest BCUT2D eigenvalue weighted by Gasteiger charge is 2.30. The topological polar surface area (TPSA) is 34.5 Å². The van der Waals surface area contributed by atoms with Crippen molar-refractivity contribution in [2.45, 2.75) is 45.9 Å². The molecule has 2 heterocycles. The van der Waals surface area contributed by atoms with Crippen LogP contribution in [0.2, 0.25) is 0 Å². The summed E-state index contributed by atoms with van der Waals surface area (Å²) in [5.74, 6) is -0.256. The van der Waals surface area contributed by atoms with Gasteiger partial charge in [0.1, 0.15) is 17.1 Å². The molecule has 2 aromatic carbocycles. The van der Waals surface area contributed by atoms with E-state index in [1.54, 1.807) is 0 Å². The molecule has 0 radical (unpaired) electrons. The van der Waals surface area contributed by atoms with E-state index in [-0.39, 0.29) is 12.5 Å². The highest BCUT2D eigenvalue weighted by atomic mass is 79.9. The molecule has 0 saturated carbocycles. The SMILES string of the molecule is CC(C)(C)OC(=O)Cn1c2c(c3cc(Br)ccc31)CCN(Cc1ccccc1)C2=S. The summed E-state index contributed by atoms with van der Waals surface area (Å²) >= 11 is 9.53. The first-order chi connectivity index (χ1) is 14.2. The van der Waals surface area contributed by atoms with Gasteiger partial charge in [0.05, 0.1) is 5.69 Å². The van der Waals surface area contributed by atoms with Gasteiger partial charge in [-0.15, -0.1) is 0 Å². The molecule has 0 atom stereocenters. The number of ether oxygens (including phenoxy) is 1. The minimum Gasteiger partial charge on any atom is -0.459 e. The maximum Gasteiger partial charge on any atom is 0.326 e. The molecule has 4 nitrogen and oxygen atoms in total. The molecule has 6 heteroatoms. The molecule has 0 spiro atoms. The van der Waals surface area contributed by atoms with Crippen LogP contribution in [0.25, 0.3) is 10.9 Å². The lowest BCUT2D eigenvalue weighted by Gasteiger charge is -2.31. The number of rotatable bonds is 4. The van der Waals surface area contributed by atoms with E-state index >= 15 is 0 Å². The second-order valence-corrected chi connectivity index (χ2v) is 9.93. The summed E-state index contributed by atoms with van der Waals surface area (Å²) in [6.07, 6.45) is 0.885. The normalized spacial score (nSPS) is 14.1. The van der Waals surface area contributed by atoms with Crippen LogP contribution in [0.1, 0.15) is 37.6 Å². The van der Waals surface area contributed by atoms with Crippen LogP contribution in [0, 0.1) is 0 Å². The fourth-order valence-electron chi connectivity index (χ4n) is 4.01. The third-order valence-electron chi connectivity index (χ3n) is 5.18. The molecule has 30 heavy (non-hydrogen) atoms. The summed E-state index contributed by atoms with van der Waals surface area (Å²) in [5, 5.41) is 1.14. The Morgan fingerprint density at radius 3 is 2.60 bits per heavy atom. The van der Waals surface area contributed by atoms with Gasteiger partial charge >= 0.3 is 5.97 Å². The number of benzene rings is 2. The number of carbonyl (C=O) groups excluding carboxylic acids is 1. The summed E-state index contributed by atoms with van der Waals surface area (Å²) in [6.45, 7) is 7.42. The molecular weight excluding hydrogens is 460 g/mol. The van der Waals surface area contributed by atoms with Crippen molar-refractivity contribution in [1.82, 2.24) is 9.47 Å². The Balaban J connectivity index is 1.74. The van der Waals surface area contributed by atoms with Gasteiger partial charge in [0, 0.05) is 28.5 Å². The van der Waals surface area contributed by atoms with Gasteiger partial charge in [-0.05, 0) is 56.5 Å². The van der Waals surface area contributed by atoms with Crippen LogP contribution in [-0.2, 0) is 29.0 Å². The second-order valence-electron chi connectivity index (χ2n) is 8.62. The molecular formula is C24H25BrN2O2S. The Morgan fingerprint density at radius 1 is 1.17 bits per heavy atom. The van der Waals surface area contributed by atoms with Crippen molar-refractivity contribution in [1.29, 1.82) is 0 Å². The highest BCUT2D eigenvalue weighted by molar-refractivity contribution is 9.10. The number of thiocarbonyl (C=S) groups is 1. The largest absolute Gasteiger partial charge is 0.459 e. The van der Waals surface area contributed by atoms with Crippen molar-refractivity contribution < 1.29 is 9.53 Å². The van der Waals surface area contributed by atoms with E-state index < -0.39 is 5.60 Å². The second kappa shape index (κ2) is 8.16. The van der Waals surface area contributed by atoms with Crippen LogP contribution >= 0.6 is 28.1 Å². The van der Waals surface area contributed by atoms with Gasteiger partial charge in [-0.25, -0.2) is 0 Å². The van der Waals surface area contributed by atoms with Crippen molar-refractivity contribution in [2.24, 2.45) is 0 Å². The van der Waals surface area contributed by atoms with Gasteiger partial charge < -0.3 is 14.2 Å². The zero-order valence-corrected chi connectivity index (χ0v) is 19.8. The van der Waals surface area contributed by atoms with Crippen LogP contribution < -0.4 is 0 Å². The Hall–Kier alpha value is -2.18. The molecule has 1 aliphatic heterocycles. The number of carbonyl (C=O) groups is 1. The van der Waals surface area contributed by atoms with Gasteiger partial charge in [0.15, 0.2) is 0 Å². The number of fused-ring (bicyclic) bond motifs is 3. The first kappa shape index (κ1) is 21.1. The van der Waals surface area contributed by atoms with E-state index in [4.69, 9.17) is 17.0 Å². The molecule has 0 aliphatic carbocycles. The number of nitrogens with zero attached hydrogens (tertiary/aromatic N) is 2. The minimum absolute atomic E-state index is 0.143. The number of hydrogen-bond acceptors (Lipinski definition) is 3. The van der Waals surface area contributed by atoms with E-state index in [0.717, 1.165) is 45.6 Å². The number of halogens is 1. The molecule has 1 aromatic heterocycles. The number of aromatic nitrogens is 1. The van der Waals surface area contributed by atoms with Crippen molar-refractivity contribution in [2.75, 3.05) is 6.54 Å². The molecule has 0 amide bonds. The molecule has 0 unspecified atom stereocenters. The van der Waals surface area contributed by atoms with Crippen LogP contribution in [0.15, 0.2) is 53.0 Å². The lowest BCUT2D eigenvalue weighted by Crippen LogP contribution is -2.38. The Morgan fingerprint density at radius 2 is 1.90 bits per heavy atom. The standard InChI is InChI=1S/C24H25BrN2O2S/c1-24(2,3)29-21(28)15-27-20-10-9-17(25)13-19(20)18-11-12-26(23(30)22(18)27)14-16-7-5-4-6-8-16/h4-10,13H,11-12,14-15H2,1-3H3. The lowest BCUT2D eigenvalue weighted by molar-refractivity contribution is -0.155. The minimum atomic E-state index is -0.525. The average molecular weight is 485 g/mol. The van der Waals surface area contributed by atoms with Gasteiger partial charge in [-0.1, -0.05) is 58.5 Å². The van der Waals surface area contributed by atoms with Crippen molar-refractivity contribution in [3.8, 4) is 0 Å². The maximum atomic E-state index is 12.7. The summed E-state index contributed by atoms with van der Waals surface area (Å²) in [7, 11) is 0. The average Bonchev–Trinajstić information content (AvgIpc) is 2.97. The van der Waals surface area contributed by atoms with E-state index in [0.29, 0.717) is 0 Å². The molecule has 3 aromatic rings. The predicted molar refractivity (Wildman–Crippen MR) is 128 cm³/mol. The molecule has 0 N–H and O–H groups in total. The zero-order chi connectivity index (χ0) is 21.5. The van der Waals surface area contributed by atoms with Crippen LogP contribution in [0.4, 0.5) is 0 Å². The van der Waals surface area contributed by atoms with Crippen LogP contribution in [-0.4, -0.2) is 32.6 Å². The molecule has 1 aliphatic rings. The van der Waals surface area contributed by atoms with E-state index in [1.165, 1.54) is 11.1 Å².